The summed E-state index contributed by atoms with van der Waals surface area (Å²) in [6.45, 7) is 1.69. The lowest BCUT2D eigenvalue weighted by Gasteiger charge is -2.22. The first-order valence-corrected chi connectivity index (χ1v) is 8.65. The molecule has 5 nitrogen and oxygen atoms in total. The monoisotopic (exact) mass is 383 g/mol. The van der Waals surface area contributed by atoms with Gasteiger partial charge in [-0.1, -0.05) is 30.3 Å². The summed E-state index contributed by atoms with van der Waals surface area (Å²) < 4.78 is 40.1. The summed E-state index contributed by atoms with van der Waals surface area (Å²) in [5.41, 5.74) is 0.570. The average Bonchev–Trinajstić information content (AvgIpc) is 2.69. The Morgan fingerprint density at radius 3 is 2.68 bits per heavy atom. The van der Waals surface area contributed by atoms with Crippen molar-refractivity contribution in [3.8, 4) is 5.75 Å². The molecule has 3 aromatic rings. The minimum absolute atomic E-state index is 0.0744. The van der Waals surface area contributed by atoms with Crippen LogP contribution in [0.1, 0.15) is 22.8 Å². The first-order chi connectivity index (χ1) is 13.5. The van der Waals surface area contributed by atoms with E-state index in [2.05, 4.69) is 0 Å². The lowest BCUT2D eigenvalue weighted by atomic mass is 10.1. The fraction of sp³-hybridized carbons (Fsp3) is 0.143. The second-order valence-corrected chi connectivity index (χ2v) is 6.25. The predicted octanol–water partition coefficient (Wildman–Crippen LogP) is 3.89. The highest BCUT2D eigenvalue weighted by molar-refractivity contribution is 5.97. The van der Waals surface area contributed by atoms with Crippen molar-refractivity contribution in [3.05, 3.63) is 81.8 Å². The van der Waals surface area contributed by atoms with Gasteiger partial charge < -0.3 is 14.0 Å². The van der Waals surface area contributed by atoms with E-state index in [1.54, 1.807) is 6.92 Å². The van der Waals surface area contributed by atoms with E-state index in [4.69, 9.17) is 9.47 Å². The van der Waals surface area contributed by atoms with E-state index in [0.29, 0.717) is 12.1 Å². The van der Waals surface area contributed by atoms with Crippen LogP contribution in [0.2, 0.25) is 0 Å². The predicted molar refractivity (Wildman–Crippen MR) is 99.1 cm³/mol. The van der Waals surface area contributed by atoms with Crippen LogP contribution in [-0.2, 0) is 11.2 Å². The second-order valence-electron chi connectivity index (χ2n) is 6.25. The number of benzene rings is 2. The standard InChI is InChI=1S/C21H15F2NO4/c1-2-27-21(26)15-10-24-13(8-12-6-4-3-5-7-12)11-28-20-17(23)16(22)9-14(18(20)24)19(15)25/h3-7,9-11H,2,8H2,1H3. The highest BCUT2D eigenvalue weighted by atomic mass is 19.2. The zero-order valence-corrected chi connectivity index (χ0v) is 14.9. The van der Waals surface area contributed by atoms with Gasteiger partial charge in [0, 0.05) is 12.6 Å². The zero-order chi connectivity index (χ0) is 19.8. The molecule has 0 atom stereocenters. The van der Waals surface area contributed by atoms with E-state index in [0.717, 1.165) is 11.6 Å². The van der Waals surface area contributed by atoms with Crippen molar-refractivity contribution in [3.63, 3.8) is 0 Å². The fourth-order valence-electron chi connectivity index (χ4n) is 3.21. The van der Waals surface area contributed by atoms with E-state index in [1.807, 2.05) is 30.3 Å². The topological polar surface area (TPSA) is 57.5 Å². The highest BCUT2D eigenvalue weighted by Gasteiger charge is 2.27. The molecule has 0 unspecified atom stereocenters. The smallest absolute Gasteiger partial charge is 0.343 e. The largest absolute Gasteiger partial charge is 0.462 e. The molecule has 2 heterocycles. The zero-order valence-electron chi connectivity index (χ0n) is 14.9. The SMILES string of the molecule is CCOC(=O)c1cn2c3c(c(F)c(F)cc3c1=O)OC=C2Cc1ccccc1. The average molecular weight is 383 g/mol. The molecule has 7 heteroatoms. The van der Waals surface area contributed by atoms with E-state index >= 15 is 0 Å². The normalized spacial score (nSPS) is 12.5. The van der Waals surface area contributed by atoms with Gasteiger partial charge in [-0.3, -0.25) is 4.79 Å². The second kappa shape index (κ2) is 6.92. The van der Waals surface area contributed by atoms with Crippen LogP contribution in [-0.4, -0.2) is 17.1 Å². The summed E-state index contributed by atoms with van der Waals surface area (Å²) in [4.78, 5) is 25.0. The van der Waals surface area contributed by atoms with Crippen LogP contribution in [0.25, 0.3) is 16.6 Å². The van der Waals surface area contributed by atoms with Crippen LogP contribution < -0.4 is 10.2 Å². The lowest BCUT2D eigenvalue weighted by Crippen LogP contribution is -2.23. The Labute approximate surface area is 158 Å². The Balaban J connectivity index is 1.97. The molecular weight excluding hydrogens is 368 g/mol. The molecular formula is C21H15F2NO4. The van der Waals surface area contributed by atoms with Crippen molar-refractivity contribution in [2.75, 3.05) is 6.61 Å². The van der Waals surface area contributed by atoms with Crippen LogP contribution in [0.15, 0.2) is 53.7 Å². The number of pyridine rings is 1. The Kier molecular flexibility index (Phi) is 4.43. The highest BCUT2D eigenvalue weighted by Crippen LogP contribution is 2.35. The van der Waals surface area contributed by atoms with Gasteiger partial charge in [-0.15, -0.1) is 0 Å². The molecule has 2 aromatic carbocycles. The minimum atomic E-state index is -1.23. The number of carbonyl (C=O) groups is 1. The Bertz CT molecular complexity index is 1180. The molecule has 142 valence electrons. The van der Waals surface area contributed by atoms with Crippen molar-refractivity contribution < 1.29 is 23.0 Å². The van der Waals surface area contributed by atoms with Gasteiger partial charge in [-0.2, -0.15) is 4.39 Å². The Morgan fingerprint density at radius 1 is 1.21 bits per heavy atom. The number of aromatic nitrogens is 1. The molecule has 0 aliphatic carbocycles. The molecule has 1 aliphatic heterocycles. The number of hydrogen-bond donors (Lipinski definition) is 0. The third-order valence-corrected chi connectivity index (χ3v) is 4.48. The number of ether oxygens (including phenoxy) is 2. The number of hydrogen-bond acceptors (Lipinski definition) is 4. The number of rotatable bonds is 4. The molecule has 0 radical (unpaired) electrons. The van der Waals surface area contributed by atoms with Crippen LogP contribution in [0.4, 0.5) is 8.78 Å². The van der Waals surface area contributed by atoms with Gasteiger partial charge in [0.15, 0.2) is 11.6 Å². The molecule has 28 heavy (non-hydrogen) atoms. The Morgan fingerprint density at radius 2 is 1.96 bits per heavy atom. The molecule has 0 saturated heterocycles. The van der Waals surface area contributed by atoms with Crippen molar-refractivity contribution in [2.45, 2.75) is 13.3 Å². The summed E-state index contributed by atoms with van der Waals surface area (Å²) in [7, 11) is 0. The summed E-state index contributed by atoms with van der Waals surface area (Å²) in [5.74, 6) is -3.64. The van der Waals surface area contributed by atoms with Crippen molar-refractivity contribution in [1.29, 1.82) is 0 Å². The summed E-state index contributed by atoms with van der Waals surface area (Å²) in [5, 5.41) is -0.155. The van der Waals surface area contributed by atoms with E-state index in [-0.39, 0.29) is 28.8 Å². The maximum atomic E-state index is 14.3. The van der Waals surface area contributed by atoms with Gasteiger partial charge in [0.1, 0.15) is 17.3 Å². The molecule has 0 saturated carbocycles. The number of esters is 1. The van der Waals surface area contributed by atoms with Gasteiger partial charge in [0.05, 0.1) is 17.7 Å². The molecule has 1 aliphatic rings. The fourth-order valence-corrected chi connectivity index (χ4v) is 3.21. The van der Waals surface area contributed by atoms with Gasteiger partial charge in [0.25, 0.3) is 0 Å². The number of halogens is 2. The molecule has 0 amide bonds. The minimum Gasteiger partial charge on any atom is -0.462 e. The molecule has 0 fully saturated rings. The molecule has 4 rings (SSSR count). The van der Waals surface area contributed by atoms with E-state index < -0.39 is 23.0 Å². The maximum Gasteiger partial charge on any atom is 0.343 e. The first kappa shape index (κ1) is 17.9. The van der Waals surface area contributed by atoms with Gasteiger partial charge in [-0.25, -0.2) is 9.18 Å². The summed E-state index contributed by atoms with van der Waals surface area (Å²) >= 11 is 0. The maximum absolute atomic E-state index is 14.3. The first-order valence-electron chi connectivity index (χ1n) is 8.65. The van der Waals surface area contributed by atoms with E-state index in [9.17, 15) is 18.4 Å². The van der Waals surface area contributed by atoms with Crippen LogP contribution in [0, 0.1) is 11.6 Å². The Hall–Kier alpha value is -3.48. The van der Waals surface area contributed by atoms with Crippen molar-refractivity contribution in [1.82, 2.24) is 4.57 Å². The number of nitrogens with zero attached hydrogens (tertiary/aromatic N) is 1. The molecule has 0 N–H and O–H groups in total. The van der Waals surface area contributed by atoms with Crippen LogP contribution in [0.5, 0.6) is 5.75 Å². The van der Waals surface area contributed by atoms with Gasteiger partial charge in [0.2, 0.25) is 11.2 Å². The van der Waals surface area contributed by atoms with E-state index in [1.165, 1.54) is 17.0 Å². The third-order valence-electron chi connectivity index (χ3n) is 4.48. The van der Waals surface area contributed by atoms with Crippen molar-refractivity contribution >= 4 is 22.6 Å². The molecule has 0 spiro atoms. The van der Waals surface area contributed by atoms with Crippen molar-refractivity contribution in [2.24, 2.45) is 0 Å². The van der Waals surface area contributed by atoms with Crippen LogP contribution in [0.3, 0.4) is 0 Å². The molecule has 0 bridgehead atoms. The molecule has 1 aromatic heterocycles. The number of allylic oxidation sites excluding steroid dienone is 1. The quantitative estimate of drug-likeness (QED) is 0.642. The third kappa shape index (κ3) is 2.85. The number of carbonyl (C=O) groups excluding carboxylic acids is 1. The van der Waals surface area contributed by atoms with Gasteiger partial charge >= 0.3 is 5.97 Å². The summed E-state index contributed by atoms with van der Waals surface area (Å²) in [6.07, 6.45) is 2.97. The lowest BCUT2D eigenvalue weighted by molar-refractivity contribution is 0.0524. The summed E-state index contributed by atoms with van der Waals surface area (Å²) in [6, 6.07) is 10.2. The van der Waals surface area contributed by atoms with Crippen LogP contribution >= 0.6 is 0 Å². The van der Waals surface area contributed by atoms with Gasteiger partial charge in [-0.05, 0) is 18.6 Å².